The van der Waals surface area contributed by atoms with Crippen LogP contribution >= 0.6 is 23.6 Å². The number of isothiocyanates is 1. The van der Waals surface area contributed by atoms with Gasteiger partial charge in [-0.2, -0.15) is 4.99 Å². The lowest BCUT2D eigenvalue weighted by atomic mass is 10.0. The molecule has 24 heavy (non-hydrogen) atoms. The Bertz CT molecular complexity index is 900. The zero-order chi connectivity index (χ0) is 17.1. The quantitative estimate of drug-likeness (QED) is 0.376. The van der Waals surface area contributed by atoms with E-state index >= 15 is 0 Å². The highest BCUT2D eigenvalue weighted by atomic mass is 32.1. The van der Waals surface area contributed by atoms with Crippen LogP contribution in [-0.2, 0) is 6.42 Å². The normalized spacial score (nSPS) is 10.5. The van der Waals surface area contributed by atoms with E-state index in [1.165, 1.54) is 17.0 Å². The Morgan fingerprint density at radius 3 is 2.21 bits per heavy atom. The van der Waals surface area contributed by atoms with E-state index < -0.39 is 11.6 Å². The monoisotopic (exact) mass is 357 g/mol. The highest BCUT2D eigenvalue weighted by Gasteiger charge is 2.15. The van der Waals surface area contributed by atoms with Gasteiger partial charge in [0, 0.05) is 9.75 Å². The second kappa shape index (κ2) is 7.14. The predicted octanol–water partition coefficient (Wildman–Crippen LogP) is 6.66. The van der Waals surface area contributed by atoms with E-state index in [2.05, 4.69) is 29.3 Å². The molecule has 0 bridgehead atoms. The molecule has 1 aromatic heterocycles. The number of hydrogen-bond donors (Lipinski definition) is 0. The Kier molecular flexibility index (Phi) is 4.95. The Hall–Kier alpha value is -2.20. The maximum absolute atomic E-state index is 14.5. The van der Waals surface area contributed by atoms with Gasteiger partial charge in [0.05, 0.1) is 16.4 Å². The number of thiocarbonyl (C=S) groups is 1. The summed E-state index contributed by atoms with van der Waals surface area (Å²) in [6.45, 7) is 2.05. The number of aryl methyl sites for hydroxylation is 1. The molecule has 1 heterocycles. The van der Waals surface area contributed by atoms with Gasteiger partial charge in [-0.15, -0.1) is 11.3 Å². The van der Waals surface area contributed by atoms with Crippen molar-refractivity contribution in [2.24, 2.45) is 4.99 Å². The summed E-state index contributed by atoms with van der Waals surface area (Å²) >= 11 is 6.09. The highest BCUT2D eigenvalue weighted by molar-refractivity contribution is 7.78. The number of halogens is 2. The Balaban J connectivity index is 2.02. The van der Waals surface area contributed by atoms with Gasteiger partial charge in [0.15, 0.2) is 0 Å². The van der Waals surface area contributed by atoms with Crippen LogP contribution < -0.4 is 0 Å². The van der Waals surface area contributed by atoms with Crippen LogP contribution in [0.5, 0.6) is 0 Å². The second-order valence-electron chi connectivity index (χ2n) is 5.18. The zero-order valence-corrected chi connectivity index (χ0v) is 14.5. The summed E-state index contributed by atoms with van der Waals surface area (Å²) in [6, 6.07) is 13.2. The predicted molar refractivity (Wildman–Crippen MR) is 99.2 cm³/mol. The van der Waals surface area contributed by atoms with Crippen molar-refractivity contribution in [2.75, 3.05) is 0 Å². The van der Waals surface area contributed by atoms with Gasteiger partial charge < -0.3 is 0 Å². The third-order valence-corrected chi connectivity index (χ3v) is 5.04. The number of thiophene rings is 1. The van der Waals surface area contributed by atoms with Crippen LogP contribution in [-0.4, -0.2) is 5.16 Å². The molecule has 1 nitrogen and oxygen atoms in total. The average molecular weight is 357 g/mol. The van der Waals surface area contributed by atoms with Crippen LogP contribution in [0.1, 0.15) is 11.8 Å². The molecule has 0 atom stereocenters. The minimum absolute atomic E-state index is 0.0381. The first-order chi connectivity index (χ1) is 11.6. The van der Waals surface area contributed by atoms with Crippen molar-refractivity contribution in [2.45, 2.75) is 13.3 Å². The molecule has 0 fully saturated rings. The summed E-state index contributed by atoms with van der Waals surface area (Å²) in [5.74, 6) is -1.16. The summed E-state index contributed by atoms with van der Waals surface area (Å²) in [4.78, 5) is 5.88. The molecule has 5 heteroatoms. The van der Waals surface area contributed by atoms with Gasteiger partial charge in [-0.3, -0.25) is 0 Å². The minimum atomic E-state index is -0.581. The number of rotatable bonds is 4. The summed E-state index contributed by atoms with van der Waals surface area (Å²) in [6.07, 6.45) is 0.907. The molecule has 0 N–H and O–H groups in total. The number of benzene rings is 2. The lowest BCUT2D eigenvalue weighted by Crippen LogP contribution is -1.91. The molecule has 3 rings (SSSR count). The fourth-order valence-electron chi connectivity index (χ4n) is 2.47. The van der Waals surface area contributed by atoms with E-state index in [0.29, 0.717) is 16.8 Å². The maximum Gasteiger partial charge on any atom is 0.134 e. The fraction of sp³-hybridized carbons (Fsp3) is 0.105. The van der Waals surface area contributed by atoms with E-state index in [9.17, 15) is 8.78 Å². The van der Waals surface area contributed by atoms with Crippen molar-refractivity contribution in [3.8, 4) is 21.6 Å². The van der Waals surface area contributed by atoms with Crippen molar-refractivity contribution in [3.63, 3.8) is 0 Å². The first-order valence-corrected chi connectivity index (χ1v) is 8.61. The van der Waals surface area contributed by atoms with Gasteiger partial charge in [-0.25, -0.2) is 8.78 Å². The molecule has 0 spiro atoms. The molecule has 0 amide bonds. The van der Waals surface area contributed by atoms with Gasteiger partial charge in [0.25, 0.3) is 0 Å². The summed E-state index contributed by atoms with van der Waals surface area (Å²) < 4.78 is 29.1. The first kappa shape index (κ1) is 16.7. The third-order valence-electron chi connectivity index (χ3n) is 3.67. The molecule has 0 saturated heterocycles. The molecular formula is C19H13F2NS2. The lowest BCUT2D eigenvalue weighted by molar-refractivity contribution is 0.590. The van der Waals surface area contributed by atoms with E-state index in [-0.39, 0.29) is 5.56 Å². The van der Waals surface area contributed by atoms with E-state index in [0.717, 1.165) is 11.3 Å². The van der Waals surface area contributed by atoms with Gasteiger partial charge >= 0.3 is 0 Å². The molecule has 0 aliphatic carbocycles. The first-order valence-electron chi connectivity index (χ1n) is 7.38. The average Bonchev–Trinajstić information content (AvgIpc) is 3.05. The van der Waals surface area contributed by atoms with Gasteiger partial charge in [-0.1, -0.05) is 19.1 Å². The molecule has 2 aromatic carbocycles. The van der Waals surface area contributed by atoms with E-state index in [1.807, 2.05) is 12.1 Å². The molecule has 0 aliphatic rings. The molecule has 0 saturated carbocycles. The van der Waals surface area contributed by atoms with Crippen molar-refractivity contribution in [3.05, 3.63) is 65.0 Å². The molecule has 0 radical (unpaired) electrons. The van der Waals surface area contributed by atoms with Gasteiger partial charge in [-0.05, 0) is 66.2 Å². The van der Waals surface area contributed by atoms with Crippen LogP contribution in [0.3, 0.4) is 0 Å². The Morgan fingerprint density at radius 2 is 1.67 bits per heavy atom. The maximum atomic E-state index is 14.5. The molecule has 0 unspecified atom stereocenters. The Morgan fingerprint density at radius 1 is 1.00 bits per heavy atom. The van der Waals surface area contributed by atoms with Crippen molar-refractivity contribution < 1.29 is 8.78 Å². The van der Waals surface area contributed by atoms with Crippen LogP contribution in [0, 0.1) is 11.6 Å². The topological polar surface area (TPSA) is 12.4 Å². The van der Waals surface area contributed by atoms with E-state index in [4.69, 9.17) is 0 Å². The van der Waals surface area contributed by atoms with Crippen LogP contribution in [0.15, 0.2) is 53.5 Å². The number of aliphatic imine (C=N–C) groups is 1. The lowest BCUT2D eigenvalue weighted by Gasteiger charge is -2.08. The van der Waals surface area contributed by atoms with Crippen LogP contribution in [0.25, 0.3) is 21.6 Å². The Labute approximate surface area is 148 Å². The van der Waals surface area contributed by atoms with Crippen molar-refractivity contribution >= 4 is 34.4 Å². The molecule has 0 aliphatic heterocycles. The van der Waals surface area contributed by atoms with Gasteiger partial charge in [0.1, 0.15) is 11.6 Å². The van der Waals surface area contributed by atoms with E-state index in [1.54, 1.807) is 35.6 Å². The molecule has 120 valence electrons. The van der Waals surface area contributed by atoms with Crippen molar-refractivity contribution in [1.82, 2.24) is 0 Å². The standard InChI is InChI=1S/C19H13F2NS2/c1-2-15-7-8-18(24-15)13-9-16(20)19(17(21)10-13)12-3-5-14(6-4-12)22-11-23/h3-10H,2H2,1H3. The zero-order valence-electron chi connectivity index (χ0n) is 12.8. The highest BCUT2D eigenvalue weighted by Crippen LogP contribution is 2.34. The molecular weight excluding hydrogens is 344 g/mol. The smallest absolute Gasteiger partial charge is 0.134 e. The second-order valence-corrected chi connectivity index (χ2v) is 6.54. The summed E-state index contributed by atoms with van der Waals surface area (Å²) in [7, 11) is 0. The third kappa shape index (κ3) is 3.34. The minimum Gasteiger partial charge on any atom is -0.206 e. The SMILES string of the molecule is CCc1ccc(-c2cc(F)c(-c3ccc(N=C=S)cc3)c(F)c2)s1. The molecule has 3 aromatic rings. The number of hydrogen-bond acceptors (Lipinski definition) is 3. The largest absolute Gasteiger partial charge is 0.206 e. The number of nitrogens with zero attached hydrogens (tertiary/aromatic N) is 1. The summed E-state index contributed by atoms with van der Waals surface area (Å²) in [5.41, 5.74) is 1.57. The van der Waals surface area contributed by atoms with Crippen LogP contribution in [0.4, 0.5) is 14.5 Å². The fourth-order valence-corrected chi connectivity index (χ4v) is 3.51. The van der Waals surface area contributed by atoms with Gasteiger partial charge in [0.2, 0.25) is 0 Å². The van der Waals surface area contributed by atoms with Crippen LogP contribution in [0.2, 0.25) is 0 Å². The summed E-state index contributed by atoms with van der Waals surface area (Å²) in [5, 5.41) is 2.26. The van der Waals surface area contributed by atoms with Crippen molar-refractivity contribution in [1.29, 1.82) is 0 Å².